The number of hydrogen-bond donors (Lipinski definition) is 3. The molecule has 1 aliphatic heterocycles. The first kappa shape index (κ1) is 18.0. The molecule has 1 heterocycles. The molecular weight excluding hydrogens is 286 g/mol. The summed E-state index contributed by atoms with van der Waals surface area (Å²) in [7, 11) is 0. The molecular formula is C19H33N3O+2. The molecule has 1 atom stereocenters. The van der Waals surface area contributed by atoms with Crippen molar-refractivity contribution in [3.05, 3.63) is 35.4 Å². The van der Waals surface area contributed by atoms with Gasteiger partial charge in [-0.05, 0) is 25.3 Å². The topological polar surface area (TPSA) is 38.0 Å². The SMILES string of the molecule is Cc1ccccc1C[NH+]1CC[NH+](CC(=O)N[C@H](C)C(C)C)CC1. The summed E-state index contributed by atoms with van der Waals surface area (Å²) < 4.78 is 0. The van der Waals surface area contributed by atoms with Gasteiger partial charge in [-0.15, -0.1) is 0 Å². The third kappa shape index (κ3) is 5.63. The zero-order chi connectivity index (χ0) is 16.8. The summed E-state index contributed by atoms with van der Waals surface area (Å²) in [5.41, 5.74) is 2.84. The van der Waals surface area contributed by atoms with Gasteiger partial charge in [-0.25, -0.2) is 0 Å². The normalized spacial score (nSPS) is 22.8. The molecule has 0 saturated carbocycles. The molecule has 1 saturated heterocycles. The Morgan fingerprint density at radius 3 is 2.30 bits per heavy atom. The van der Waals surface area contributed by atoms with Gasteiger partial charge in [0.15, 0.2) is 6.54 Å². The summed E-state index contributed by atoms with van der Waals surface area (Å²) in [6.45, 7) is 14.8. The molecule has 0 aliphatic carbocycles. The standard InChI is InChI=1S/C19H31N3O/c1-15(2)17(4)20-19(23)14-22-11-9-21(10-12-22)13-18-8-6-5-7-16(18)3/h5-8,15,17H,9-14H2,1-4H3,(H,20,23)/p+2/t17-/m1/s1. The molecule has 0 bridgehead atoms. The van der Waals surface area contributed by atoms with E-state index >= 15 is 0 Å². The molecule has 23 heavy (non-hydrogen) atoms. The van der Waals surface area contributed by atoms with Crippen molar-refractivity contribution in [1.29, 1.82) is 0 Å². The zero-order valence-corrected chi connectivity index (χ0v) is 15.1. The molecule has 0 radical (unpaired) electrons. The quantitative estimate of drug-likeness (QED) is 0.646. The van der Waals surface area contributed by atoms with Crippen LogP contribution in [0.1, 0.15) is 31.9 Å². The zero-order valence-electron chi connectivity index (χ0n) is 15.1. The maximum Gasteiger partial charge on any atom is 0.275 e. The van der Waals surface area contributed by atoms with Gasteiger partial charge in [0.25, 0.3) is 5.91 Å². The number of carbonyl (C=O) groups excluding carboxylic acids is 1. The first-order chi connectivity index (χ1) is 11.0. The predicted molar refractivity (Wildman–Crippen MR) is 93.6 cm³/mol. The largest absolute Gasteiger partial charge is 0.348 e. The van der Waals surface area contributed by atoms with Gasteiger partial charge in [0, 0.05) is 11.6 Å². The van der Waals surface area contributed by atoms with E-state index in [2.05, 4.69) is 57.3 Å². The van der Waals surface area contributed by atoms with Crippen molar-refractivity contribution in [3.8, 4) is 0 Å². The van der Waals surface area contributed by atoms with Crippen molar-refractivity contribution in [3.63, 3.8) is 0 Å². The van der Waals surface area contributed by atoms with Gasteiger partial charge in [0.1, 0.15) is 32.7 Å². The van der Waals surface area contributed by atoms with E-state index < -0.39 is 0 Å². The number of piperazine rings is 1. The molecule has 4 heteroatoms. The number of rotatable bonds is 6. The van der Waals surface area contributed by atoms with Crippen LogP contribution in [-0.4, -0.2) is 44.7 Å². The molecule has 0 spiro atoms. The minimum Gasteiger partial charge on any atom is -0.348 e. The number of carbonyl (C=O) groups is 1. The maximum absolute atomic E-state index is 12.1. The fourth-order valence-corrected chi connectivity index (χ4v) is 3.09. The highest BCUT2D eigenvalue weighted by atomic mass is 16.2. The van der Waals surface area contributed by atoms with E-state index in [1.807, 2.05) is 0 Å². The number of benzene rings is 1. The van der Waals surface area contributed by atoms with Crippen molar-refractivity contribution in [1.82, 2.24) is 5.32 Å². The van der Waals surface area contributed by atoms with Crippen LogP contribution in [0.3, 0.4) is 0 Å². The van der Waals surface area contributed by atoms with Crippen LogP contribution in [0.15, 0.2) is 24.3 Å². The van der Waals surface area contributed by atoms with Gasteiger partial charge in [0.05, 0.1) is 0 Å². The molecule has 1 aliphatic rings. The van der Waals surface area contributed by atoms with Gasteiger partial charge in [0.2, 0.25) is 0 Å². The second-order valence-electron chi connectivity index (χ2n) is 7.38. The van der Waals surface area contributed by atoms with Gasteiger partial charge in [-0.2, -0.15) is 0 Å². The molecule has 1 aromatic rings. The summed E-state index contributed by atoms with van der Waals surface area (Å²) >= 11 is 0. The van der Waals surface area contributed by atoms with E-state index in [1.54, 1.807) is 4.90 Å². The third-order valence-corrected chi connectivity index (χ3v) is 5.17. The second-order valence-corrected chi connectivity index (χ2v) is 7.38. The van der Waals surface area contributed by atoms with Crippen LogP contribution in [0.25, 0.3) is 0 Å². The van der Waals surface area contributed by atoms with Crippen molar-refractivity contribution in [2.75, 3.05) is 32.7 Å². The molecule has 0 unspecified atom stereocenters. The molecule has 4 nitrogen and oxygen atoms in total. The average molecular weight is 319 g/mol. The summed E-state index contributed by atoms with van der Waals surface area (Å²) in [5, 5.41) is 3.12. The van der Waals surface area contributed by atoms with Gasteiger partial charge in [-0.1, -0.05) is 38.1 Å². The van der Waals surface area contributed by atoms with Crippen molar-refractivity contribution >= 4 is 5.91 Å². The number of amides is 1. The van der Waals surface area contributed by atoms with Crippen LogP contribution < -0.4 is 15.1 Å². The Balaban J connectivity index is 1.74. The fraction of sp³-hybridized carbons (Fsp3) is 0.632. The van der Waals surface area contributed by atoms with Crippen LogP contribution >= 0.6 is 0 Å². The summed E-state index contributed by atoms with van der Waals surface area (Å²) in [5.74, 6) is 0.688. The van der Waals surface area contributed by atoms with Gasteiger partial charge in [-0.3, -0.25) is 4.79 Å². The van der Waals surface area contributed by atoms with Crippen LogP contribution in [0.2, 0.25) is 0 Å². The average Bonchev–Trinajstić information content (AvgIpc) is 2.51. The molecule has 1 aromatic carbocycles. The Bertz CT molecular complexity index is 507. The Labute approximate surface area is 140 Å². The smallest absolute Gasteiger partial charge is 0.275 e. The highest BCUT2D eigenvalue weighted by Crippen LogP contribution is 2.04. The van der Waals surface area contributed by atoms with E-state index in [-0.39, 0.29) is 11.9 Å². The fourth-order valence-electron chi connectivity index (χ4n) is 3.09. The first-order valence-corrected chi connectivity index (χ1v) is 8.96. The van der Waals surface area contributed by atoms with Crippen LogP contribution in [0.5, 0.6) is 0 Å². The molecule has 0 aromatic heterocycles. The second kappa shape index (κ2) is 8.46. The van der Waals surface area contributed by atoms with E-state index in [9.17, 15) is 4.79 Å². The minimum absolute atomic E-state index is 0.198. The number of nitrogens with one attached hydrogen (secondary N) is 3. The monoisotopic (exact) mass is 319 g/mol. The highest BCUT2D eigenvalue weighted by molar-refractivity contribution is 5.77. The van der Waals surface area contributed by atoms with Crippen LogP contribution in [0, 0.1) is 12.8 Å². The minimum atomic E-state index is 0.198. The van der Waals surface area contributed by atoms with Crippen LogP contribution in [-0.2, 0) is 11.3 Å². The summed E-state index contributed by atoms with van der Waals surface area (Å²) in [6, 6.07) is 8.92. The number of quaternary nitrogens is 2. The summed E-state index contributed by atoms with van der Waals surface area (Å²) in [6.07, 6.45) is 0. The number of hydrogen-bond acceptors (Lipinski definition) is 1. The Kier molecular flexibility index (Phi) is 6.60. The first-order valence-electron chi connectivity index (χ1n) is 8.96. The van der Waals surface area contributed by atoms with Gasteiger partial charge >= 0.3 is 0 Å². The summed E-state index contributed by atoms with van der Waals surface area (Å²) in [4.78, 5) is 15.2. The third-order valence-electron chi connectivity index (χ3n) is 5.17. The Hall–Kier alpha value is -1.39. The number of aryl methyl sites for hydroxylation is 1. The lowest BCUT2D eigenvalue weighted by Gasteiger charge is -2.30. The van der Waals surface area contributed by atoms with Crippen molar-refractivity contribution in [2.24, 2.45) is 5.92 Å². The lowest BCUT2D eigenvalue weighted by molar-refractivity contribution is -1.02. The molecule has 3 N–H and O–H groups in total. The van der Waals surface area contributed by atoms with E-state index in [1.165, 1.54) is 16.0 Å². The van der Waals surface area contributed by atoms with Crippen molar-refractivity contribution < 1.29 is 14.6 Å². The van der Waals surface area contributed by atoms with Crippen molar-refractivity contribution in [2.45, 2.75) is 40.3 Å². The molecule has 2 rings (SSSR count). The highest BCUT2D eigenvalue weighted by Gasteiger charge is 2.25. The van der Waals surface area contributed by atoms with E-state index in [0.717, 1.165) is 32.7 Å². The lowest BCUT2D eigenvalue weighted by atomic mass is 10.1. The molecule has 128 valence electrons. The molecule has 1 amide bonds. The predicted octanol–water partition coefficient (Wildman–Crippen LogP) is -0.561. The van der Waals surface area contributed by atoms with E-state index in [4.69, 9.17) is 0 Å². The van der Waals surface area contributed by atoms with E-state index in [0.29, 0.717) is 12.5 Å². The lowest BCUT2D eigenvalue weighted by Crippen LogP contribution is -3.28. The van der Waals surface area contributed by atoms with Crippen LogP contribution in [0.4, 0.5) is 0 Å². The Morgan fingerprint density at radius 1 is 1.09 bits per heavy atom. The van der Waals surface area contributed by atoms with Gasteiger partial charge < -0.3 is 15.1 Å². The Morgan fingerprint density at radius 2 is 1.70 bits per heavy atom. The molecule has 1 fully saturated rings. The maximum atomic E-state index is 12.1.